The highest BCUT2D eigenvalue weighted by molar-refractivity contribution is 5.81. The first-order valence-electron chi connectivity index (χ1n) is 8.28. The van der Waals surface area contributed by atoms with Gasteiger partial charge in [-0.1, -0.05) is 25.3 Å². The monoisotopic (exact) mass is 335 g/mol. The number of rotatable bonds is 7. The van der Waals surface area contributed by atoms with Crippen LogP contribution in [0.5, 0.6) is 11.5 Å². The van der Waals surface area contributed by atoms with Crippen molar-refractivity contribution in [3.05, 3.63) is 23.8 Å². The number of hydrogen-bond donors (Lipinski definition) is 1. The number of esters is 1. The summed E-state index contributed by atoms with van der Waals surface area (Å²) in [5.41, 5.74) is 0.741. The number of ether oxygens (including phenoxy) is 3. The molecule has 6 heteroatoms. The van der Waals surface area contributed by atoms with Gasteiger partial charge in [-0.3, -0.25) is 9.59 Å². The number of methoxy groups -OCH3 is 2. The van der Waals surface area contributed by atoms with Crippen LogP contribution >= 0.6 is 0 Å². The molecule has 1 aliphatic rings. The maximum atomic E-state index is 11.9. The molecule has 0 spiro atoms. The van der Waals surface area contributed by atoms with Gasteiger partial charge in [0.15, 0.2) is 18.1 Å². The van der Waals surface area contributed by atoms with Crippen molar-refractivity contribution in [3.8, 4) is 11.5 Å². The first kappa shape index (κ1) is 18.1. The van der Waals surface area contributed by atoms with Crippen LogP contribution in [-0.4, -0.2) is 38.7 Å². The minimum Gasteiger partial charge on any atom is -0.493 e. The van der Waals surface area contributed by atoms with E-state index in [-0.39, 0.29) is 25.0 Å². The number of amides is 1. The molecule has 6 nitrogen and oxygen atoms in total. The molecule has 0 saturated heterocycles. The fourth-order valence-electron chi connectivity index (χ4n) is 2.87. The van der Waals surface area contributed by atoms with Gasteiger partial charge in [0.1, 0.15) is 0 Å². The van der Waals surface area contributed by atoms with Crippen molar-refractivity contribution < 1.29 is 23.8 Å². The number of hydrogen-bond acceptors (Lipinski definition) is 5. The zero-order valence-corrected chi connectivity index (χ0v) is 14.3. The van der Waals surface area contributed by atoms with Crippen molar-refractivity contribution in [2.45, 2.75) is 44.6 Å². The van der Waals surface area contributed by atoms with E-state index in [9.17, 15) is 9.59 Å². The third-order valence-electron chi connectivity index (χ3n) is 4.13. The van der Waals surface area contributed by atoms with Crippen LogP contribution in [0.2, 0.25) is 0 Å². The van der Waals surface area contributed by atoms with E-state index >= 15 is 0 Å². The standard InChI is InChI=1S/C18H25NO5/c1-22-15-9-8-13(10-16(15)23-2)11-18(21)24-12-17(20)19-14-6-4-3-5-7-14/h8-10,14H,3-7,11-12H2,1-2H3,(H,19,20). The van der Waals surface area contributed by atoms with Crippen LogP contribution in [0.4, 0.5) is 0 Å². The predicted molar refractivity (Wildman–Crippen MR) is 89.2 cm³/mol. The van der Waals surface area contributed by atoms with E-state index < -0.39 is 5.97 Å². The second-order valence-corrected chi connectivity index (χ2v) is 5.93. The van der Waals surface area contributed by atoms with E-state index in [2.05, 4.69) is 5.32 Å². The van der Waals surface area contributed by atoms with Gasteiger partial charge < -0.3 is 19.5 Å². The molecule has 1 amide bonds. The zero-order chi connectivity index (χ0) is 17.4. The average Bonchev–Trinajstić information content (AvgIpc) is 2.60. The quantitative estimate of drug-likeness (QED) is 0.774. The lowest BCUT2D eigenvalue weighted by Gasteiger charge is -2.22. The Morgan fingerprint density at radius 3 is 2.46 bits per heavy atom. The van der Waals surface area contributed by atoms with E-state index in [0.29, 0.717) is 11.5 Å². The van der Waals surface area contributed by atoms with Gasteiger partial charge in [-0.2, -0.15) is 0 Å². The highest BCUT2D eigenvalue weighted by Gasteiger charge is 2.17. The van der Waals surface area contributed by atoms with Crippen LogP contribution in [0, 0.1) is 0 Å². The molecule has 0 aromatic heterocycles. The van der Waals surface area contributed by atoms with Gasteiger partial charge in [0, 0.05) is 6.04 Å². The molecule has 1 aliphatic carbocycles. The Morgan fingerprint density at radius 2 is 1.79 bits per heavy atom. The van der Waals surface area contributed by atoms with Crippen LogP contribution < -0.4 is 14.8 Å². The van der Waals surface area contributed by atoms with E-state index in [1.807, 2.05) is 0 Å². The van der Waals surface area contributed by atoms with Crippen molar-refractivity contribution in [3.63, 3.8) is 0 Å². The van der Waals surface area contributed by atoms with Gasteiger partial charge in [-0.05, 0) is 30.5 Å². The molecule has 0 heterocycles. The number of carbonyl (C=O) groups is 2. The summed E-state index contributed by atoms with van der Waals surface area (Å²) >= 11 is 0. The first-order chi connectivity index (χ1) is 11.6. The summed E-state index contributed by atoms with van der Waals surface area (Å²) in [5.74, 6) is 0.475. The smallest absolute Gasteiger partial charge is 0.310 e. The summed E-state index contributed by atoms with van der Waals surface area (Å²) in [5, 5.41) is 2.92. The summed E-state index contributed by atoms with van der Waals surface area (Å²) in [6.07, 6.45) is 5.61. The van der Waals surface area contributed by atoms with Gasteiger partial charge in [-0.25, -0.2) is 0 Å². The van der Waals surface area contributed by atoms with Crippen molar-refractivity contribution in [1.29, 1.82) is 0 Å². The highest BCUT2D eigenvalue weighted by atomic mass is 16.5. The molecular weight excluding hydrogens is 310 g/mol. The van der Waals surface area contributed by atoms with Crippen LogP contribution in [0.3, 0.4) is 0 Å². The lowest BCUT2D eigenvalue weighted by atomic mass is 9.95. The third kappa shape index (κ3) is 5.44. The Hall–Kier alpha value is -2.24. The summed E-state index contributed by atoms with van der Waals surface area (Å²) < 4.78 is 15.4. The minimum atomic E-state index is -0.444. The molecule has 132 valence electrons. The fourth-order valence-corrected chi connectivity index (χ4v) is 2.87. The molecule has 1 aromatic carbocycles. The van der Waals surface area contributed by atoms with Gasteiger partial charge in [0.05, 0.1) is 20.6 Å². The molecule has 2 rings (SSSR count). The van der Waals surface area contributed by atoms with Gasteiger partial charge in [0.25, 0.3) is 5.91 Å². The van der Waals surface area contributed by atoms with E-state index in [4.69, 9.17) is 14.2 Å². The van der Waals surface area contributed by atoms with E-state index in [1.165, 1.54) is 13.5 Å². The lowest BCUT2D eigenvalue weighted by molar-refractivity contribution is -0.148. The van der Waals surface area contributed by atoms with Crippen LogP contribution in [0.15, 0.2) is 18.2 Å². The molecule has 1 saturated carbocycles. The lowest BCUT2D eigenvalue weighted by Crippen LogP contribution is -2.38. The van der Waals surface area contributed by atoms with Crippen LogP contribution in [0.25, 0.3) is 0 Å². The summed E-state index contributed by atoms with van der Waals surface area (Å²) in [6, 6.07) is 5.44. The molecule has 1 aromatic rings. The average molecular weight is 335 g/mol. The van der Waals surface area contributed by atoms with Crippen molar-refractivity contribution in [2.75, 3.05) is 20.8 Å². The Bertz CT molecular complexity index is 567. The van der Waals surface area contributed by atoms with Crippen LogP contribution in [-0.2, 0) is 20.7 Å². The van der Waals surface area contributed by atoms with Crippen molar-refractivity contribution in [2.24, 2.45) is 0 Å². The molecule has 0 unspecified atom stereocenters. The number of benzene rings is 1. The Labute approximate surface area is 142 Å². The maximum Gasteiger partial charge on any atom is 0.310 e. The zero-order valence-electron chi connectivity index (χ0n) is 14.3. The maximum absolute atomic E-state index is 11.9. The molecule has 0 bridgehead atoms. The third-order valence-corrected chi connectivity index (χ3v) is 4.13. The summed E-state index contributed by atoms with van der Waals surface area (Å²) in [6.45, 7) is -0.234. The molecule has 1 fully saturated rings. The normalized spacial score (nSPS) is 14.8. The van der Waals surface area contributed by atoms with E-state index in [1.54, 1.807) is 25.3 Å². The minimum absolute atomic E-state index is 0.0804. The first-order valence-corrected chi connectivity index (χ1v) is 8.28. The molecule has 24 heavy (non-hydrogen) atoms. The Morgan fingerprint density at radius 1 is 1.08 bits per heavy atom. The molecule has 0 atom stereocenters. The Kier molecular flexibility index (Phi) is 6.90. The summed E-state index contributed by atoms with van der Waals surface area (Å²) in [7, 11) is 3.09. The van der Waals surface area contributed by atoms with Crippen molar-refractivity contribution in [1.82, 2.24) is 5.32 Å². The SMILES string of the molecule is COc1ccc(CC(=O)OCC(=O)NC2CCCCC2)cc1OC. The number of carbonyl (C=O) groups excluding carboxylic acids is 2. The molecule has 0 aliphatic heterocycles. The van der Waals surface area contributed by atoms with Crippen molar-refractivity contribution >= 4 is 11.9 Å². The van der Waals surface area contributed by atoms with E-state index in [0.717, 1.165) is 31.2 Å². The van der Waals surface area contributed by atoms with Gasteiger partial charge in [0.2, 0.25) is 0 Å². The Balaban J connectivity index is 1.77. The van der Waals surface area contributed by atoms with Gasteiger partial charge in [-0.15, -0.1) is 0 Å². The second kappa shape index (κ2) is 9.15. The molecule has 1 N–H and O–H groups in total. The molecular formula is C18H25NO5. The fraction of sp³-hybridized carbons (Fsp3) is 0.556. The van der Waals surface area contributed by atoms with Crippen LogP contribution in [0.1, 0.15) is 37.7 Å². The molecule has 0 radical (unpaired) electrons. The van der Waals surface area contributed by atoms with Gasteiger partial charge >= 0.3 is 5.97 Å². The summed E-state index contributed by atoms with van der Waals surface area (Å²) in [4.78, 5) is 23.7. The largest absolute Gasteiger partial charge is 0.493 e. The second-order valence-electron chi connectivity index (χ2n) is 5.93. The topological polar surface area (TPSA) is 73.9 Å². The highest BCUT2D eigenvalue weighted by Crippen LogP contribution is 2.27. The predicted octanol–water partition coefficient (Wildman–Crippen LogP) is 2.24. The number of nitrogens with one attached hydrogen (secondary N) is 1.